The highest BCUT2D eigenvalue weighted by atomic mass is 16.5. The van der Waals surface area contributed by atoms with Crippen molar-refractivity contribution < 1.29 is 19.0 Å². The van der Waals surface area contributed by atoms with E-state index in [-0.39, 0.29) is 25.5 Å². The minimum atomic E-state index is -0.116. The average molecular weight is 340 g/mol. The molecule has 1 amide bonds. The van der Waals surface area contributed by atoms with E-state index < -0.39 is 0 Å². The molecule has 1 N–H and O–H groups in total. The largest absolute Gasteiger partial charge is 0.493 e. The van der Waals surface area contributed by atoms with Crippen molar-refractivity contribution in [1.82, 2.24) is 10.3 Å². The monoisotopic (exact) mass is 340 g/mol. The summed E-state index contributed by atoms with van der Waals surface area (Å²) in [6, 6.07) is 8.98. The van der Waals surface area contributed by atoms with Gasteiger partial charge >= 0.3 is 0 Å². The number of methoxy groups -OCH3 is 2. The third-order valence-electron chi connectivity index (χ3n) is 3.26. The molecule has 1 aromatic heterocycles. The van der Waals surface area contributed by atoms with Gasteiger partial charge in [-0.05, 0) is 29.8 Å². The number of hydrogen-bond acceptors (Lipinski definition) is 5. The summed E-state index contributed by atoms with van der Waals surface area (Å²) in [4.78, 5) is 15.9. The predicted molar refractivity (Wildman–Crippen MR) is 93.8 cm³/mol. The molecule has 0 unspecified atom stereocenters. The van der Waals surface area contributed by atoms with Crippen molar-refractivity contribution in [3.05, 3.63) is 48.3 Å². The Morgan fingerprint density at radius 1 is 1.16 bits per heavy atom. The summed E-state index contributed by atoms with van der Waals surface area (Å²) < 4.78 is 15.8. The van der Waals surface area contributed by atoms with Crippen LogP contribution in [0.3, 0.4) is 0 Å². The van der Waals surface area contributed by atoms with Crippen LogP contribution in [0, 0.1) is 11.8 Å². The minimum absolute atomic E-state index is 0.116. The number of aromatic nitrogens is 1. The third-order valence-corrected chi connectivity index (χ3v) is 3.26. The lowest BCUT2D eigenvalue weighted by Crippen LogP contribution is -2.25. The zero-order chi connectivity index (χ0) is 17.9. The average Bonchev–Trinajstić information content (AvgIpc) is 2.65. The van der Waals surface area contributed by atoms with Crippen LogP contribution in [0.25, 0.3) is 0 Å². The Labute approximate surface area is 147 Å². The van der Waals surface area contributed by atoms with Crippen molar-refractivity contribution >= 4 is 5.91 Å². The van der Waals surface area contributed by atoms with Gasteiger partial charge in [-0.1, -0.05) is 17.9 Å². The maximum absolute atomic E-state index is 11.9. The molecule has 2 aromatic rings. The molecule has 0 aliphatic carbocycles. The second kappa shape index (κ2) is 9.83. The fourth-order valence-corrected chi connectivity index (χ4v) is 2.05. The molecule has 0 saturated heterocycles. The number of nitrogens with zero attached hydrogens (tertiary/aromatic N) is 1. The molecular formula is C19H20N2O4. The highest BCUT2D eigenvalue weighted by molar-refractivity contribution is 5.79. The number of ether oxygens (including phenoxy) is 3. The first-order valence-corrected chi connectivity index (χ1v) is 7.69. The molecule has 25 heavy (non-hydrogen) atoms. The third kappa shape index (κ3) is 6.07. The Kier molecular flexibility index (Phi) is 7.13. The van der Waals surface area contributed by atoms with Crippen LogP contribution in [0.2, 0.25) is 0 Å². The first-order chi connectivity index (χ1) is 12.2. The van der Waals surface area contributed by atoms with E-state index in [4.69, 9.17) is 14.2 Å². The molecule has 6 heteroatoms. The first kappa shape index (κ1) is 18.1. The van der Waals surface area contributed by atoms with E-state index in [2.05, 4.69) is 22.1 Å². The van der Waals surface area contributed by atoms with Crippen molar-refractivity contribution in [3.8, 4) is 29.1 Å². The normalized spacial score (nSPS) is 9.52. The van der Waals surface area contributed by atoms with Crippen LogP contribution < -0.4 is 19.5 Å². The molecule has 2 rings (SSSR count). The van der Waals surface area contributed by atoms with E-state index in [0.717, 1.165) is 5.56 Å². The fraction of sp³-hybridized carbons (Fsp3) is 0.263. The second-order valence-corrected chi connectivity index (χ2v) is 4.97. The van der Waals surface area contributed by atoms with Crippen LogP contribution in [0.1, 0.15) is 5.56 Å². The Bertz CT molecular complexity index is 751. The van der Waals surface area contributed by atoms with Crippen LogP contribution in [0.4, 0.5) is 0 Å². The Morgan fingerprint density at radius 3 is 2.72 bits per heavy atom. The summed E-state index contributed by atoms with van der Waals surface area (Å²) in [5.74, 6) is 7.45. The van der Waals surface area contributed by atoms with Crippen LogP contribution in [-0.4, -0.2) is 38.3 Å². The molecular weight excluding hydrogens is 320 g/mol. The number of rotatable bonds is 7. The van der Waals surface area contributed by atoms with Crippen molar-refractivity contribution in [2.45, 2.75) is 6.42 Å². The van der Waals surface area contributed by atoms with Crippen molar-refractivity contribution in [2.24, 2.45) is 0 Å². The Morgan fingerprint density at radius 2 is 2.00 bits per heavy atom. The molecule has 0 saturated carbocycles. The van der Waals surface area contributed by atoms with Crippen LogP contribution in [0.5, 0.6) is 17.2 Å². The van der Waals surface area contributed by atoms with E-state index in [0.29, 0.717) is 17.2 Å². The summed E-state index contributed by atoms with van der Waals surface area (Å²) in [6.07, 6.45) is 3.53. The molecule has 1 heterocycles. The number of benzene rings is 1. The number of nitrogens with one attached hydrogen (secondary N) is 1. The van der Waals surface area contributed by atoms with E-state index >= 15 is 0 Å². The number of carbonyl (C=O) groups excluding carboxylic acids is 1. The zero-order valence-corrected chi connectivity index (χ0v) is 14.2. The van der Waals surface area contributed by atoms with E-state index in [9.17, 15) is 4.79 Å². The van der Waals surface area contributed by atoms with Gasteiger partial charge < -0.3 is 19.5 Å². The molecule has 0 atom stereocenters. The summed E-state index contributed by atoms with van der Waals surface area (Å²) in [7, 11) is 3.13. The topological polar surface area (TPSA) is 69.7 Å². The molecule has 0 aliphatic rings. The van der Waals surface area contributed by atoms with Gasteiger partial charge in [0.15, 0.2) is 11.5 Å². The Balaban J connectivity index is 1.73. The number of amides is 1. The summed E-state index contributed by atoms with van der Waals surface area (Å²) >= 11 is 0. The standard InChI is InChI=1S/C19H20N2O4/c1-23-17-8-7-15(12-18(17)24-2)13-19(22)21-10-3-4-11-25-16-6-5-9-20-14-16/h5-9,12,14H,10-11,13H2,1-2H3,(H,21,22). The highest BCUT2D eigenvalue weighted by Gasteiger charge is 2.07. The van der Waals surface area contributed by atoms with Crippen LogP contribution >= 0.6 is 0 Å². The quantitative estimate of drug-likeness (QED) is 0.779. The summed E-state index contributed by atoms with van der Waals surface area (Å²) in [5, 5.41) is 2.74. The lowest BCUT2D eigenvalue weighted by atomic mass is 10.1. The van der Waals surface area contributed by atoms with Gasteiger partial charge in [0.25, 0.3) is 0 Å². The van der Waals surface area contributed by atoms with Gasteiger partial charge in [-0.3, -0.25) is 9.78 Å². The first-order valence-electron chi connectivity index (χ1n) is 7.69. The summed E-state index contributed by atoms with van der Waals surface area (Å²) in [5.41, 5.74) is 0.836. The van der Waals surface area contributed by atoms with Gasteiger partial charge in [0.1, 0.15) is 12.4 Å². The van der Waals surface area contributed by atoms with E-state index in [1.165, 1.54) is 0 Å². The highest BCUT2D eigenvalue weighted by Crippen LogP contribution is 2.27. The fourth-order valence-electron chi connectivity index (χ4n) is 2.05. The van der Waals surface area contributed by atoms with Gasteiger partial charge in [-0.2, -0.15) is 0 Å². The molecule has 130 valence electrons. The molecule has 0 fully saturated rings. The Hall–Kier alpha value is -3.20. The van der Waals surface area contributed by atoms with Gasteiger partial charge in [0.05, 0.1) is 33.4 Å². The molecule has 0 bridgehead atoms. The van der Waals surface area contributed by atoms with Crippen molar-refractivity contribution in [2.75, 3.05) is 27.4 Å². The van der Waals surface area contributed by atoms with E-state index in [1.807, 2.05) is 6.07 Å². The van der Waals surface area contributed by atoms with Crippen LogP contribution in [0.15, 0.2) is 42.7 Å². The SMILES string of the molecule is COc1ccc(CC(=O)NCC#CCOc2cccnc2)cc1OC. The maximum atomic E-state index is 11.9. The van der Waals surface area contributed by atoms with Crippen molar-refractivity contribution in [1.29, 1.82) is 0 Å². The zero-order valence-electron chi connectivity index (χ0n) is 14.2. The van der Waals surface area contributed by atoms with E-state index in [1.54, 1.807) is 50.9 Å². The van der Waals surface area contributed by atoms with Gasteiger partial charge in [0.2, 0.25) is 5.91 Å². The maximum Gasteiger partial charge on any atom is 0.225 e. The number of hydrogen-bond donors (Lipinski definition) is 1. The predicted octanol–water partition coefficient (Wildman–Crippen LogP) is 1.84. The molecule has 0 aliphatic heterocycles. The molecule has 0 spiro atoms. The lowest BCUT2D eigenvalue weighted by Gasteiger charge is -2.09. The van der Waals surface area contributed by atoms with Gasteiger partial charge in [-0.15, -0.1) is 0 Å². The lowest BCUT2D eigenvalue weighted by molar-refractivity contribution is -0.120. The molecule has 0 radical (unpaired) electrons. The summed E-state index contributed by atoms with van der Waals surface area (Å²) in [6.45, 7) is 0.514. The minimum Gasteiger partial charge on any atom is -0.493 e. The number of carbonyl (C=O) groups is 1. The molecule has 6 nitrogen and oxygen atoms in total. The molecule has 1 aromatic carbocycles. The van der Waals surface area contributed by atoms with Gasteiger partial charge in [-0.25, -0.2) is 0 Å². The smallest absolute Gasteiger partial charge is 0.225 e. The van der Waals surface area contributed by atoms with Gasteiger partial charge in [0, 0.05) is 6.20 Å². The number of pyridine rings is 1. The van der Waals surface area contributed by atoms with Crippen molar-refractivity contribution in [3.63, 3.8) is 0 Å². The second-order valence-electron chi connectivity index (χ2n) is 4.97. The van der Waals surface area contributed by atoms with Crippen LogP contribution in [-0.2, 0) is 11.2 Å².